The van der Waals surface area contributed by atoms with E-state index >= 15 is 0 Å². The molecule has 34 heavy (non-hydrogen) atoms. The molecule has 0 radical (unpaired) electrons. The maximum absolute atomic E-state index is 13.5. The molecular formula is C25H28N6O3. The fraction of sp³-hybridized carbons (Fsp3) is 0.360. The van der Waals surface area contributed by atoms with Crippen molar-refractivity contribution in [2.45, 2.75) is 20.4 Å². The molecule has 0 spiro atoms. The molecule has 0 unspecified atom stereocenters. The van der Waals surface area contributed by atoms with E-state index in [4.69, 9.17) is 14.2 Å². The topological polar surface area (TPSA) is 98.3 Å². The minimum atomic E-state index is -0.193. The summed E-state index contributed by atoms with van der Waals surface area (Å²) in [6, 6.07) is 13.7. The fourth-order valence-electron chi connectivity index (χ4n) is 4.29. The highest BCUT2D eigenvalue weighted by molar-refractivity contribution is 5.77. The van der Waals surface area contributed by atoms with Crippen LogP contribution in [0.2, 0.25) is 0 Å². The van der Waals surface area contributed by atoms with Gasteiger partial charge in [0.1, 0.15) is 11.3 Å². The summed E-state index contributed by atoms with van der Waals surface area (Å²) in [6.07, 6.45) is 0. The van der Waals surface area contributed by atoms with Crippen LogP contribution in [0, 0.1) is 13.8 Å². The van der Waals surface area contributed by atoms with Crippen LogP contribution in [0.4, 0.5) is 5.82 Å². The number of rotatable bonds is 7. The molecular weight excluding hydrogens is 432 g/mol. The van der Waals surface area contributed by atoms with Crippen LogP contribution in [0.5, 0.6) is 0 Å². The Morgan fingerprint density at radius 1 is 1.03 bits per heavy atom. The largest absolute Gasteiger partial charge is 0.379 e. The second-order valence-corrected chi connectivity index (χ2v) is 8.46. The highest BCUT2D eigenvalue weighted by Crippen LogP contribution is 2.26. The first-order valence-electron chi connectivity index (χ1n) is 11.5. The van der Waals surface area contributed by atoms with E-state index in [1.54, 1.807) is 4.57 Å². The number of hydrogen-bond donors (Lipinski definition) is 1. The lowest BCUT2D eigenvalue weighted by Gasteiger charge is -2.26. The van der Waals surface area contributed by atoms with Crippen molar-refractivity contribution in [1.29, 1.82) is 0 Å². The molecule has 1 fully saturated rings. The van der Waals surface area contributed by atoms with Crippen molar-refractivity contribution >= 4 is 17.0 Å². The van der Waals surface area contributed by atoms with Crippen LogP contribution in [0.3, 0.4) is 0 Å². The van der Waals surface area contributed by atoms with E-state index < -0.39 is 0 Å². The van der Waals surface area contributed by atoms with Crippen LogP contribution in [0.25, 0.3) is 22.4 Å². The molecule has 0 aliphatic carbocycles. The van der Waals surface area contributed by atoms with Crippen LogP contribution in [-0.4, -0.2) is 64.0 Å². The summed E-state index contributed by atoms with van der Waals surface area (Å²) in [5.41, 5.74) is 4.32. The number of benzene rings is 1. The molecule has 0 saturated carbocycles. The molecule has 1 aromatic carbocycles. The van der Waals surface area contributed by atoms with Gasteiger partial charge in [-0.05, 0) is 31.5 Å². The van der Waals surface area contributed by atoms with Crippen molar-refractivity contribution in [3.63, 3.8) is 0 Å². The Balaban J connectivity index is 1.53. The molecule has 3 aromatic heterocycles. The lowest BCUT2D eigenvalue weighted by molar-refractivity contribution is 0.0398. The van der Waals surface area contributed by atoms with Gasteiger partial charge in [0, 0.05) is 26.2 Å². The van der Waals surface area contributed by atoms with Crippen molar-refractivity contribution in [2.75, 3.05) is 44.7 Å². The number of anilines is 1. The van der Waals surface area contributed by atoms with Crippen LogP contribution in [0.1, 0.15) is 17.0 Å². The van der Waals surface area contributed by atoms with Gasteiger partial charge in [-0.1, -0.05) is 35.5 Å². The molecule has 1 aliphatic heterocycles. The Hall–Kier alpha value is -3.56. The van der Waals surface area contributed by atoms with E-state index in [0.717, 1.165) is 49.7 Å². The van der Waals surface area contributed by atoms with Gasteiger partial charge in [-0.2, -0.15) is 0 Å². The van der Waals surface area contributed by atoms with Gasteiger partial charge in [-0.15, -0.1) is 0 Å². The maximum Gasteiger partial charge on any atom is 0.295 e. The molecule has 9 nitrogen and oxygen atoms in total. The van der Waals surface area contributed by atoms with Gasteiger partial charge in [-0.25, -0.2) is 9.97 Å². The molecule has 9 heteroatoms. The van der Waals surface area contributed by atoms with Gasteiger partial charge in [0.2, 0.25) is 0 Å². The summed E-state index contributed by atoms with van der Waals surface area (Å²) >= 11 is 0. The van der Waals surface area contributed by atoms with E-state index in [2.05, 4.69) is 20.4 Å². The molecule has 1 aliphatic rings. The zero-order chi connectivity index (χ0) is 23.5. The summed E-state index contributed by atoms with van der Waals surface area (Å²) in [4.78, 5) is 25.3. The summed E-state index contributed by atoms with van der Waals surface area (Å²) in [5, 5.41) is 7.30. The number of pyridine rings is 1. The molecule has 4 aromatic rings. The van der Waals surface area contributed by atoms with Crippen LogP contribution < -0.4 is 10.9 Å². The zero-order valence-corrected chi connectivity index (χ0v) is 19.5. The normalized spacial score (nSPS) is 14.5. The minimum Gasteiger partial charge on any atom is -0.379 e. The fourth-order valence-corrected chi connectivity index (χ4v) is 4.29. The van der Waals surface area contributed by atoms with E-state index in [0.29, 0.717) is 41.5 Å². The third kappa shape index (κ3) is 4.57. The van der Waals surface area contributed by atoms with Crippen molar-refractivity contribution in [3.05, 3.63) is 69.8 Å². The summed E-state index contributed by atoms with van der Waals surface area (Å²) in [6.45, 7) is 8.89. The number of morpholine rings is 1. The predicted octanol–water partition coefficient (Wildman–Crippen LogP) is 2.86. The van der Waals surface area contributed by atoms with E-state index in [9.17, 15) is 4.79 Å². The highest BCUT2D eigenvalue weighted by atomic mass is 16.5. The van der Waals surface area contributed by atoms with Gasteiger partial charge in [-0.3, -0.25) is 14.3 Å². The average Bonchev–Trinajstić information content (AvgIpc) is 3.20. The van der Waals surface area contributed by atoms with E-state index in [1.165, 1.54) is 0 Å². The Morgan fingerprint density at radius 3 is 2.56 bits per heavy atom. The summed E-state index contributed by atoms with van der Waals surface area (Å²) in [5.74, 6) is 1.03. The lowest BCUT2D eigenvalue weighted by Crippen LogP contribution is -2.39. The summed E-state index contributed by atoms with van der Waals surface area (Å²) < 4.78 is 12.4. The van der Waals surface area contributed by atoms with E-state index in [-0.39, 0.29) is 5.56 Å². The minimum absolute atomic E-state index is 0.193. The third-order valence-electron chi connectivity index (χ3n) is 6.09. The van der Waals surface area contributed by atoms with Crippen molar-refractivity contribution < 1.29 is 9.26 Å². The third-order valence-corrected chi connectivity index (χ3v) is 6.09. The first-order chi connectivity index (χ1) is 16.6. The zero-order valence-electron chi connectivity index (χ0n) is 19.5. The monoisotopic (exact) mass is 460 g/mol. The number of nitrogens with one attached hydrogen (secondary N) is 1. The lowest BCUT2D eigenvalue weighted by atomic mass is 10.1. The Kier molecular flexibility index (Phi) is 6.37. The van der Waals surface area contributed by atoms with Crippen LogP contribution in [-0.2, 0) is 11.3 Å². The molecule has 5 rings (SSSR count). The first-order valence-corrected chi connectivity index (χ1v) is 11.5. The maximum atomic E-state index is 13.5. The van der Waals surface area contributed by atoms with Crippen LogP contribution in [0.15, 0.2) is 51.8 Å². The van der Waals surface area contributed by atoms with Gasteiger partial charge >= 0.3 is 0 Å². The number of hydrogen-bond acceptors (Lipinski definition) is 8. The van der Waals surface area contributed by atoms with Crippen LogP contribution >= 0.6 is 0 Å². The molecule has 176 valence electrons. The van der Waals surface area contributed by atoms with E-state index in [1.807, 2.05) is 56.3 Å². The van der Waals surface area contributed by atoms with Gasteiger partial charge < -0.3 is 14.6 Å². The van der Waals surface area contributed by atoms with Gasteiger partial charge in [0.15, 0.2) is 11.5 Å². The van der Waals surface area contributed by atoms with Crippen molar-refractivity contribution in [1.82, 2.24) is 24.6 Å². The Labute approximate surface area is 197 Å². The molecule has 0 amide bonds. The number of aromatic nitrogens is 4. The van der Waals surface area contributed by atoms with Gasteiger partial charge in [0.25, 0.3) is 5.56 Å². The smallest absolute Gasteiger partial charge is 0.295 e. The second kappa shape index (κ2) is 9.74. The summed E-state index contributed by atoms with van der Waals surface area (Å²) in [7, 11) is 0. The van der Waals surface area contributed by atoms with Crippen molar-refractivity contribution in [3.8, 4) is 11.3 Å². The molecule has 1 saturated heterocycles. The molecule has 4 heterocycles. The van der Waals surface area contributed by atoms with Crippen molar-refractivity contribution in [2.24, 2.45) is 0 Å². The first kappa shape index (κ1) is 22.2. The number of fused-ring (bicyclic) bond motifs is 1. The highest BCUT2D eigenvalue weighted by Gasteiger charge is 2.18. The predicted molar refractivity (Wildman–Crippen MR) is 130 cm³/mol. The number of aryl methyl sites for hydroxylation is 2. The quantitative estimate of drug-likeness (QED) is 0.450. The Bertz CT molecular complexity index is 1320. The second-order valence-electron chi connectivity index (χ2n) is 8.46. The molecule has 0 atom stereocenters. The average molecular weight is 461 g/mol. The molecule has 1 N–H and O–H groups in total. The number of ether oxygens (including phenoxy) is 1. The SMILES string of the molecule is Cc1noc(C)c1-c1ccc2nc(NCCN3CCOCC3)c(=O)n(Cc3ccccc3)c2n1. The van der Waals surface area contributed by atoms with Gasteiger partial charge in [0.05, 0.1) is 36.7 Å². The molecule has 0 bridgehead atoms. The standard InChI is InChI=1S/C25H28N6O3/c1-17-22(18(2)34-29-17)20-8-9-21-24(28-20)31(16-19-6-4-3-5-7-19)25(32)23(27-21)26-10-11-30-12-14-33-15-13-30/h3-9H,10-16H2,1-2H3,(H,26,27). The Morgan fingerprint density at radius 2 is 1.82 bits per heavy atom. The number of nitrogens with zero attached hydrogens (tertiary/aromatic N) is 5.